The zero-order valence-corrected chi connectivity index (χ0v) is 12.3. The van der Waals surface area contributed by atoms with Gasteiger partial charge in [0, 0.05) is 17.7 Å². The summed E-state index contributed by atoms with van der Waals surface area (Å²) in [6.45, 7) is 0.322. The summed E-state index contributed by atoms with van der Waals surface area (Å²) >= 11 is 1.61. The zero-order chi connectivity index (χ0) is 14.7. The molecule has 2 heterocycles. The van der Waals surface area contributed by atoms with Crippen molar-refractivity contribution in [1.29, 1.82) is 0 Å². The molecular formula is C16H16N4S. The Morgan fingerprint density at radius 2 is 1.95 bits per heavy atom. The molecule has 3 rings (SSSR count). The Morgan fingerprint density at radius 1 is 1.14 bits per heavy atom. The molecule has 0 saturated heterocycles. The van der Waals surface area contributed by atoms with Gasteiger partial charge in [-0.05, 0) is 11.8 Å². The van der Waals surface area contributed by atoms with E-state index in [4.69, 9.17) is 16.5 Å². The molecule has 0 amide bonds. The topological polar surface area (TPSA) is 77.8 Å². The molecule has 2 aromatic rings. The average molecular weight is 296 g/mol. The minimum Gasteiger partial charge on any atom is -0.383 e. The van der Waals surface area contributed by atoms with Crippen molar-refractivity contribution in [3.63, 3.8) is 0 Å². The molecule has 0 unspecified atom stereocenters. The first kappa shape index (κ1) is 13.9. The number of thioether (sulfide) groups is 1. The molecule has 1 aromatic heterocycles. The zero-order valence-electron chi connectivity index (χ0n) is 11.5. The minimum atomic E-state index is 0.322. The van der Waals surface area contributed by atoms with Crippen molar-refractivity contribution >= 4 is 22.5 Å². The van der Waals surface area contributed by atoms with Crippen LogP contribution < -0.4 is 11.5 Å². The number of benzene rings is 1. The van der Waals surface area contributed by atoms with Gasteiger partial charge in [-0.25, -0.2) is 9.97 Å². The maximum atomic E-state index is 6.09. The number of hydrogen-bond acceptors (Lipinski definition) is 5. The van der Waals surface area contributed by atoms with Gasteiger partial charge in [-0.1, -0.05) is 54.2 Å². The van der Waals surface area contributed by atoms with Crippen molar-refractivity contribution in [3.8, 4) is 11.3 Å². The predicted octanol–water partition coefficient (Wildman–Crippen LogP) is 3.18. The van der Waals surface area contributed by atoms with Gasteiger partial charge in [-0.2, -0.15) is 0 Å². The SMILES string of the molecule is NCc1c(N)nc(C2=CCC=CS2)nc1-c1ccccc1. The molecule has 0 saturated carbocycles. The van der Waals surface area contributed by atoms with E-state index >= 15 is 0 Å². The third-order valence-electron chi connectivity index (χ3n) is 3.24. The third-order valence-corrected chi connectivity index (χ3v) is 4.17. The summed E-state index contributed by atoms with van der Waals surface area (Å²) < 4.78 is 0. The standard InChI is InChI=1S/C16H16N4S/c17-10-12-14(11-6-2-1-3-7-11)19-16(20-15(12)18)13-8-4-5-9-21-13/h1-3,5-9H,4,10,17H2,(H2,18,19,20). The Kier molecular flexibility index (Phi) is 4.03. The Hall–Kier alpha value is -2.11. The van der Waals surface area contributed by atoms with Crippen molar-refractivity contribution in [2.24, 2.45) is 5.73 Å². The fourth-order valence-electron chi connectivity index (χ4n) is 2.19. The second-order valence-corrected chi connectivity index (χ2v) is 5.57. The number of hydrogen-bond donors (Lipinski definition) is 2. The maximum Gasteiger partial charge on any atom is 0.168 e. The number of nitrogen functional groups attached to an aromatic ring is 1. The maximum absolute atomic E-state index is 6.09. The number of nitrogens with zero attached hydrogens (tertiary/aromatic N) is 2. The molecule has 21 heavy (non-hydrogen) atoms. The summed E-state index contributed by atoms with van der Waals surface area (Å²) in [6, 6.07) is 9.94. The van der Waals surface area contributed by atoms with Gasteiger partial charge in [0.15, 0.2) is 5.82 Å². The van der Waals surface area contributed by atoms with Crippen LogP contribution in [0, 0.1) is 0 Å². The molecule has 0 bridgehead atoms. The van der Waals surface area contributed by atoms with Crippen LogP contribution in [0.5, 0.6) is 0 Å². The summed E-state index contributed by atoms with van der Waals surface area (Å²) in [5, 5.41) is 2.05. The molecule has 0 aliphatic carbocycles. The summed E-state index contributed by atoms with van der Waals surface area (Å²) in [5.41, 5.74) is 14.5. The lowest BCUT2D eigenvalue weighted by atomic mass is 10.1. The van der Waals surface area contributed by atoms with E-state index in [0.29, 0.717) is 18.2 Å². The van der Waals surface area contributed by atoms with E-state index in [1.165, 1.54) is 0 Å². The van der Waals surface area contributed by atoms with Gasteiger partial charge in [-0.15, -0.1) is 0 Å². The lowest BCUT2D eigenvalue weighted by molar-refractivity contribution is 1.01. The second-order valence-electron chi connectivity index (χ2n) is 4.62. The van der Waals surface area contributed by atoms with E-state index in [1.807, 2.05) is 35.7 Å². The van der Waals surface area contributed by atoms with Crippen molar-refractivity contribution < 1.29 is 0 Å². The highest BCUT2D eigenvalue weighted by molar-refractivity contribution is 8.10. The third kappa shape index (κ3) is 2.84. The molecule has 1 aliphatic rings. The summed E-state index contributed by atoms with van der Waals surface area (Å²) in [6.07, 6.45) is 5.10. The summed E-state index contributed by atoms with van der Waals surface area (Å²) in [5.74, 6) is 1.12. The first-order chi connectivity index (χ1) is 10.3. The lowest BCUT2D eigenvalue weighted by Gasteiger charge is -2.13. The number of aromatic nitrogens is 2. The van der Waals surface area contributed by atoms with Gasteiger partial charge in [0.25, 0.3) is 0 Å². The van der Waals surface area contributed by atoms with Crippen LogP contribution in [0.3, 0.4) is 0 Å². The highest BCUT2D eigenvalue weighted by atomic mass is 32.2. The molecule has 1 aromatic carbocycles. The fourth-order valence-corrected chi connectivity index (χ4v) is 2.93. The fraction of sp³-hybridized carbons (Fsp3) is 0.125. The van der Waals surface area contributed by atoms with Crippen LogP contribution in [0.1, 0.15) is 17.8 Å². The largest absolute Gasteiger partial charge is 0.383 e. The normalized spacial score (nSPS) is 14.0. The molecule has 0 spiro atoms. The van der Waals surface area contributed by atoms with E-state index in [0.717, 1.165) is 28.1 Å². The van der Waals surface area contributed by atoms with Crippen LogP contribution in [0.4, 0.5) is 5.82 Å². The summed E-state index contributed by atoms with van der Waals surface area (Å²) in [7, 11) is 0. The Balaban J connectivity index is 2.13. The van der Waals surface area contributed by atoms with E-state index in [2.05, 4.69) is 17.1 Å². The van der Waals surface area contributed by atoms with E-state index in [-0.39, 0.29) is 0 Å². The number of allylic oxidation sites excluding steroid dienone is 2. The first-order valence-electron chi connectivity index (χ1n) is 6.73. The Labute approximate surface area is 128 Å². The van der Waals surface area contributed by atoms with Gasteiger partial charge < -0.3 is 11.5 Å². The molecule has 0 fully saturated rings. The number of nitrogens with two attached hydrogens (primary N) is 2. The molecule has 5 heteroatoms. The lowest BCUT2D eigenvalue weighted by Crippen LogP contribution is -2.10. The number of rotatable bonds is 3. The van der Waals surface area contributed by atoms with Gasteiger partial charge in [-0.3, -0.25) is 0 Å². The van der Waals surface area contributed by atoms with Gasteiger partial charge >= 0.3 is 0 Å². The predicted molar refractivity (Wildman–Crippen MR) is 89.1 cm³/mol. The van der Waals surface area contributed by atoms with Crippen LogP contribution >= 0.6 is 11.8 Å². The monoisotopic (exact) mass is 296 g/mol. The average Bonchev–Trinajstić information content (AvgIpc) is 2.55. The van der Waals surface area contributed by atoms with Gasteiger partial charge in [0.2, 0.25) is 0 Å². The Bertz CT molecular complexity index is 708. The molecule has 0 atom stereocenters. The van der Waals surface area contributed by atoms with Crippen LogP contribution in [0.2, 0.25) is 0 Å². The van der Waals surface area contributed by atoms with Crippen molar-refractivity contribution in [1.82, 2.24) is 9.97 Å². The van der Waals surface area contributed by atoms with Crippen LogP contribution in [0.15, 0.2) is 47.9 Å². The van der Waals surface area contributed by atoms with Crippen molar-refractivity contribution in [2.45, 2.75) is 13.0 Å². The highest BCUT2D eigenvalue weighted by Crippen LogP contribution is 2.33. The Morgan fingerprint density at radius 3 is 2.62 bits per heavy atom. The number of anilines is 1. The van der Waals surface area contributed by atoms with Crippen molar-refractivity contribution in [2.75, 3.05) is 5.73 Å². The molecule has 4 nitrogen and oxygen atoms in total. The molecular weight excluding hydrogens is 280 g/mol. The summed E-state index contributed by atoms with van der Waals surface area (Å²) in [4.78, 5) is 10.2. The van der Waals surface area contributed by atoms with Crippen molar-refractivity contribution in [3.05, 3.63) is 59.3 Å². The quantitative estimate of drug-likeness (QED) is 0.909. The van der Waals surface area contributed by atoms with E-state index in [9.17, 15) is 0 Å². The minimum absolute atomic E-state index is 0.322. The molecule has 4 N–H and O–H groups in total. The van der Waals surface area contributed by atoms with Crippen LogP contribution in [-0.4, -0.2) is 9.97 Å². The van der Waals surface area contributed by atoms with E-state index < -0.39 is 0 Å². The molecule has 106 valence electrons. The second kappa shape index (κ2) is 6.11. The van der Waals surface area contributed by atoms with Crippen LogP contribution in [0.25, 0.3) is 16.2 Å². The smallest absolute Gasteiger partial charge is 0.168 e. The van der Waals surface area contributed by atoms with Gasteiger partial charge in [0.1, 0.15) is 5.82 Å². The first-order valence-corrected chi connectivity index (χ1v) is 7.61. The van der Waals surface area contributed by atoms with E-state index in [1.54, 1.807) is 11.8 Å². The highest BCUT2D eigenvalue weighted by Gasteiger charge is 2.15. The van der Waals surface area contributed by atoms with Crippen LogP contribution in [-0.2, 0) is 6.54 Å². The molecule has 1 aliphatic heterocycles. The molecule has 0 radical (unpaired) electrons. The van der Waals surface area contributed by atoms with Gasteiger partial charge in [0.05, 0.1) is 10.6 Å².